The van der Waals surface area contributed by atoms with E-state index in [1.165, 1.54) is 10.5 Å². The zero-order chi connectivity index (χ0) is 27.8. The van der Waals surface area contributed by atoms with Crippen LogP contribution in [-0.2, 0) is 11.2 Å². The van der Waals surface area contributed by atoms with Crippen LogP contribution in [0.2, 0.25) is 0 Å². The smallest absolute Gasteiger partial charge is 0.322 e. The Morgan fingerprint density at radius 2 is 1.62 bits per heavy atom. The summed E-state index contributed by atoms with van der Waals surface area (Å²) in [5, 5.41) is 10.7. The number of carbonyl (C=O) groups is 2. The molecule has 0 spiro atoms. The maximum absolute atomic E-state index is 13.4. The predicted molar refractivity (Wildman–Crippen MR) is 156 cm³/mol. The molecule has 1 aromatic heterocycles. The third-order valence-electron chi connectivity index (χ3n) is 6.43. The van der Waals surface area contributed by atoms with Gasteiger partial charge in [0, 0.05) is 17.8 Å². The number of urea groups is 1. The van der Waals surface area contributed by atoms with Crippen LogP contribution in [0.4, 0.5) is 16.3 Å². The van der Waals surface area contributed by atoms with Crippen molar-refractivity contribution >= 4 is 23.4 Å². The van der Waals surface area contributed by atoms with Crippen molar-refractivity contribution in [1.82, 2.24) is 14.7 Å². The van der Waals surface area contributed by atoms with Crippen LogP contribution in [0.5, 0.6) is 5.75 Å². The normalized spacial score (nSPS) is 10.7. The van der Waals surface area contributed by atoms with Gasteiger partial charge < -0.3 is 20.3 Å². The fourth-order valence-electron chi connectivity index (χ4n) is 4.40. The molecule has 0 radical (unpaired) electrons. The van der Waals surface area contributed by atoms with Gasteiger partial charge in [-0.2, -0.15) is 5.10 Å². The molecule has 3 amide bonds. The highest BCUT2D eigenvalue weighted by atomic mass is 16.5. The van der Waals surface area contributed by atoms with Crippen LogP contribution < -0.4 is 15.4 Å². The first-order valence-electron chi connectivity index (χ1n) is 13.2. The number of benzene rings is 3. The van der Waals surface area contributed by atoms with Gasteiger partial charge in [0.1, 0.15) is 18.1 Å². The number of hydrogen-bond acceptors (Lipinski definition) is 4. The molecule has 8 heteroatoms. The zero-order valence-corrected chi connectivity index (χ0v) is 22.9. The average molecular weight is 526 g/mol. The summed E-state index contributed by atoms with van der Waals surface area (Å²) < 4.78 is 7.02. The summed E-state index contributed by atoms with van der Waals surface area (Å²) in [7, 11) is 1.62. The number of amides is 3. The van der Waals surface area contributed by atoms with Crippen molar-refractivity contribution in [3.05, 3.63) is 90.1 Å². The summed E-state index contributed by atoms with van der Waals surface area (Å²) >= 11 is 0. The lowest BCUT2D eigenvalue weighted by Gasteiger charge is -2.22. The van der Waals surface area contributed by atoms with Crippen LogP contribution in [0.1, 0.15) is 31.5 Å². The van der Waals surface area contributed by atoms with Gasteiger partial charge in [-0.25, -0.2) is 9.48 Å². The Hall–Kier alpha value is -4.59. The van der Waals surface area contributed by atoms with E-state index in [-0.39, 0.29) is 18.5 Å². The van der Waals surface area contributed by atoms with E-state index in [0.29, 0.717) is 24.5 Å². The first-order chi connectivity index (χ1) is 18.9. The molecule has 0 aliphatic carbocycles. The molecule has 0 fully saturated rings. The number of aromatic nitrogens is 2. The number of aryl methyl sites for hydroxylation is 2. The standard InChI is InChI=1S/C31H35N5O3/c1-5-20-35(31(38)32-25-14-12-23(6-2)13-15-25)21-28(37)33-30-29(24-10-8-7-9-11-24)22(3)34-36(30)26-16-18-27(39-4)19-17-26/h7-19H,5-6,20-21H2,1-4H3,(H,32,38)(H,33,37). The zero-order valence-electron chi connectivity index (χ0n) is 22.9. The van der Waals surface area contributed by atoms with E-state index < -0.39 is 0 Å². The summed E-state index contributed by atoms with van der Waals surface area (Å²) in [5.74, 6) is 0.953. The monoisotopic (exact) mass is 525 g/mol. The van der Waals surface area contributed by atoms with E-state index in [1.807, 2.05) is 92.7 Å². The van der Waals surface area contributed by atoms with Crippen molar-refractivity contribution in [2.45, 2.75) is 33.6 Å². The summed E-state index contributed by atoms with van der Waals surface area (Å²) in [6, 6.07) is 24.7. The predicted octanol–water partition coefficient (Wildman–Crippen LogP) is 6.30. The lowest BCUT2D eigenvalue weighted by molar-refractivity contribution is -0.116. The lowest BCUT2D eigenvalue weighted by Crippen LogP contribution is -2.41. The fraction of sp³-hybridized carbons (Fsp3) is 0.258. The number of rotatable bonds is 10. The lowest BCUT2D eigenvalue weighted by atomic mass is 10.1. The molecule has 0 saturated carbocycles. The quantitative estimate of drug-likeness (QED) is 0.254. The second-order valence-corrected chi connectivity index (χ2v) is 9.24. The Balaban J connectivity index is 1.60. The molecule has 2 N–H and O–H groups in total. The molecule has 0 unspecified atom stereocenters. The van der Waals surface area contributed by atoms with Crippen molar-refractivity contribution in [2.75, 3.05) is 30.8 Å². The van der Waals surface area contributed by atoms with E-state index in [4.69, 9.17) is 9.84 Å². The van der Waals surface area contributed by atoms with Crippen molar-refractivity contribution in [3.63, 3.8) is 0 Å². The van der Waals surface area contributed by atoms with Gasteiger partial charge in [-0.05, 0) is 67.3 Å². The van der Waals surface area contributed by atoms with E-state index >= 15 is 0 Å². The Labute approximate surface area is 229 Å². The maximum atomic E-state index is 13.4. The molecular weight excluding hydrogens is 490 g/mol. The van der Waals surface area contributed by atoms with E-state index in [9.17, 15) is 9.59 Å². The SMILES string of the molecule is CCCN(CC(=O)Nc1c(-c2ccccc2)c(C)nn1-c1ccc(OC)cc1)C(=O)Nc1ccc(CC)cc1. The molecule has 4 aromatic rings. The van der Waals surface area contributed by atoms with E-state index in [1.54, 1.807) is 11.8 Å². The van der Waals surface area contributed by atoms with Crippen molar-refractivity contribution in [2.24, 2.45) is 0 Å². The number of nitrogens with one attached hydrogen (secondary N) is 2. The number of carbonyl (C=O) groups excluding carboxylic acids is 2. The van der Waals surface area contributed by atoms with Gasteiger partial charge in [0.2, 0.25) is 5.91 Å². The van der Waals surface area contributed by atoms with Gasteiger partial charge in [-0.1, -0.05) is 56.3 Å². The number of anilines is 2. The second-order valence-electron chi connectivity index (χ2n) is 9.24. The highest BCUT2D eigenvalue weighted by Crippen LogP contribution is 2.33. The van der Waals surface area contributed by atoms with Crippen LogP contribution in [0.3, 0.4) is 0 Å². The topological polar surface area (TPSA) is 88.5 Å². The molecule has 0 saturated heterocycles. The number of hydrogen-bond donors (Lipinski definition) is 2. The highest BCUT2D eigenvalue weighted by Gasteiger charge is 2.23. The van der Waals surface area contributed by atoms with Crippen LogP contribution >= 0.6 is 0 Å². The highest BCUT2D eigenvalue weighted by molar-refractivity contribution is 5.99. The number of methoxy groups -OCH3 is 1. The van der Waals surface area contributed by atoms with Crippen LogP contribution in [-0.4, -0.2) is 46.8 Å². The minimum atomic E-state index is -0.320. The first-order valence-corrected chi connectivity index (χ1v) is 13.2. The molecule has 0 aliphatic heterocycles. The molecule has 0 aliphatic rings. The van der Waals surface area contributed by atoms with Crippen LogP contribution in [0.25, 0.3) is 16.8 Å². The Morgan fingerprint density at radius 1 is 0.923 bits per heavy atom. The van der Waals surface area contributed by atoms with E-state index in [2.05, 4.69) is 17.6 Å². The van der Waals surface area contributed by atoms with Crippen LogP contribution in [0, 0.1) is 6.92 Å². The van der Waals surface area contributed by atoms with Gasteiger partial charge in [0.05, 0.1) is 18.5 Å². The van der Waals surface area contributed by atoms with E-state index in [0.717, 1.165) is 34.7 Å². The molecule has 39 heavy (non-hydrogen) atoms. The number of nitrogens with zero attached hydrogens (tertiary/aromatic N) is 3. The molecular formula is C31H35N5O3. The summed E-state index contributed by atoms with van der Waals surface area (Å²) in [4.78, 5) is 28.0. The largest absolute Gasteiger partial charge is 0.497 e. The van der Waals surface area contributed by atoms with Gasteiger partial charge >= 0.3 is 6.03 Å². The molecule has 0 bridgehead atoms. The van der Waals surface area contributed by atoms with Crippen LogP contribution in [0.15, 0.2) is 78.9 Å². The third kappa shape index (κ3) is 6.65. The number of ether oxygens (including phenoxy) is 1. The third-order valence-corrected chi connectivity index (χ3v) is 6.43. The summed E-state index contributed by atoms with van der Waals surface area (Å²) in [5.41, 5.74) is 5.18. The minimum absolute atomic E-state index is 0.103. The van der Waals surface area contributed by atoms with Gasteiger partial charge in [0.25, 0.3) is 0 Å². The summed E-state index contributed by atoms with van der Waals surface area (Å²) in [6.45, 7) is 6.31. The Kier molecular flexibility index (Phi) is 8.99. The Morgan fingerprint density at radius 3 is 2.23 bits per heavy atom. The van der Waals surface area contributed by atoms with Gasteiger partial charge in [0.15, 0.2) is 0 Å². The molecule has 0 atom stereocenters. The van der Waals surface area contributed by atoms with Crippen molar-refractivity contribution < 1.29 is 14.3 Å². The Bertz CT molecular complexity index is 1400. The molecule has 3 aromatic carbocycles. The molecule has 8 nitrogen and oxygen atoms in total. The van der Waals surface area contributed by atoms with Crippen molar-refractivity contribution in [1.29, 1.82) is 0 Å². The van der Waals surface area contributed by atoms with Gasteiger partial charge in [-0.15, -0.1) is 0 Å². The molecule has 4 rings (SSSR count). The minimum Gasteiger partial charge on any atom is -0.497 e. The average Bonchev–Trinajstić information content (AvgIpc) is 3.28. The van der Waals surface area contributed by atoms with Crippen molar-refractivity contribution in [3.8, 4) is 22.6 Å². The molecule has 1 heterocycles. The first kappa shape index (κ1) is 27.4. The van der Waals surface area contributed by atoms with Gasteiger partial charge in [-0.3, -0.25) is 4.79 Å². The summed E-state index contributed by atoms with van der Waals surface area (Å²) in [6.07, 6.45) is 1.64. The fourth-order valence-corrected chi connectivity index (χ4v) is 4.40. The maximum Gasteiger partial charge on any atom is 0.322 e. The molecule has 202 valence electrons. The second kappa shape index (κ2) is 12.8.